The maximum absolute atomic E-state index is 5.16. The summed E-state index contributed by atoms with van der Waals surface area (Å²) in [5, 5.41) is 7.29. The van der Waals surface area contributed by atoms with E-state index in [1.54, 1.807) is 6.20 Å². The van der Waals surface area contributed by atoms with Gasteiger partial charge in [-0.3, -0.25) is 4.90 Å². The van der Waals surface area contributed by atoms with Crippen LogP contribution < -0.4 is 5.32 Å². The predicted molar refractivity (Wildman–Crippen MR) is 63.1 cm³/mol. The summed E-state index contributed by atoms with van der Waals surface area (Å²) in [5.74, 6) is 0.964. The lowest BCUT2D eigenvalue weighted by Crippen LogP contribution is -2.37. The third-order valence-electron chi connectivity index (χ3n) is 3.05. The van der Waals surface area contributed by atoms with Crippen LogP contribution in [-0.2, 0) is 6.54 Å². The first-order valence-corrected chi connectivity index (χ1v) is 6.23. The van der Waals surface area contributed by atoms with E-state index in [-0.39, 0.29) is 0 Å². The first-order chi connectivity index (χ1) is 7.88. The average molecular weight is 223 g/mol. The Hall–Kier alpha value is -0.870. The summed E-state index contributed by atoms with van der Waals surface area (Å²) in [7, 11) is 0. The highest BCUT2D eigenvalue weighted by Crippen LogP contribution is 2.10. The third kappa shape index (κ3) is 3.32. The van der Waals surface area contributed by atoms with E-state index in [1.165, 1.54) is 25.8 Å². The van der Waals surface area contributed by atoms with Gasteiger partial charge < -0.3 is 9.84 Å². The van der Waals surface area contributed by atoms with Gasteiger partial charge in [0.15, 0.2) is 5.76 Å². The Kier molecular flexibility index (Phi) is 4.36. The fraction of sp³-hybridized carbons (Fsp3) is 0.750. The molecule has 2 heterocycles. The lowest BCUT2D eigenvalue weighted by molar-refractivity contribution is 0.214. The molecule has 1 aromatic rings. The van der Waals surface area contributed by atoms with Gasteiger partial charge in [0, 0.05) is 18.7 Å². The van der Waals surface area contributed by atoms with Crippen LogP contribution in [0.5, 0.6) is 0 Å². The lowest BCUT2D eigenvalue weighted by Gasteiger charge is -2.23. The minimum atomic E-state index is 0.662. The second-order valence-electron chi connectivity index (χ2n) is 4.51. The minimum absolute atomic E-state index is 0.662. The Morgan fingerprint density at radius 3 is 3.19 bits per heavy atom. The lowest BCUT2D eigenvalue weighted by atomic mass is 10.2. The molecule has 1 aromatic heterocycles. The zero-order chi connectivity index (χ0) is 11.2. The monoisotopic (exact) mass is 223 g/mol. The van der Waals surface area contributed by atoms with Crippen molar-refractivity contribution in [1.29, 1.82) is 0 Å². The van der Waals surface area contributed by atoms with Crippen LogP contribution in [0.1, 0.15) is 31.9 Å². The molecule has 90 valence electrons. The molecule has 2 rings (SSSR count). The molecule has 0 bridgehead atoms. The molecular formula is C12H21N3O. The van der Waals surface area contributed by atoms with Crippen LogP contribution in [0, 0.1) is 0 Å². The number of aromatic nitrogens is 1. The van der Waals surface area contributed by atoms with E-state index in [0.29, 0.717) is 6.04 Å². The van der Waals surface area contributed by atoms with E-state index in [9.17, 15) is 0 Å². The molecule has 0 radical (unpaired) electrons. The van der Waals surface area contributed by atoms with E-state index < -0.39 is 0 Å². The summed E-state index contributed by atoms with van der Waals surface area (Å²) in [6.07, 6.45) is 5.51. The van der Waals surface area contributed by atoms with Gasteiger partial charge in [-0.25, -0.2) is 0 Å². The molecule has 1 fully saturated rings. The summed E-state index contributed by atoms with van der Waals surface area (Å²) in [6.45, 7) is 6.52. The maximum Gasteiger partial charge on any atom is 0.150 e. The van der Waals surface area contributed by atoms with Crippen LogP contribution in [0.2, 0.25) is 0 Å². The van der Waals surface area contributed by atoms with Gasteiger partial charge in [-0.1, -0.05) is 12.1 Å². The van der Waals surface area contributed by atoms with Gasteiger partial charge in [-0.2, -0.15) is 0 Å². The average Bonchev–Trinajstić information content (AvgIpc) is 2.91. The van der Waals surface area contributed by atoms with Crippen LogP contribution in [-0.4, -0.2) is 35.7 Å². The molecule has 16 heavy (non-hydrogen) atoms. The topological polar surface area (TPSA) is 41.3 Å². The number of nitrogens with one attached hydrogen (secondary N) is 1. The van der Waals surface area contributed by atoms with Crippen molar-refractivity contribution in [1.82, 2.24) is 15.4 Å². The van der Waals surface area contributed by atoms with Crippen molar-refractivity contribution >= 4 is 0 Å². The van der Waals surface area contributed by atoms with Crippen molar-refractivity contribution < 1.29 is 4.52 Å². The van der Waals surface area contributed by atoms with Gasteiger partial charge in [-0.15, -0.1) is 0 Å². The van der Waals surface area contributed by atoms with E-state index >= 15 is 0 Å². The zero-order valence-electron chi connectivity index (χ0n) is 9.98. The Labute approximate surface area is 97.0 Å². The van der Waals surface area contributed by atoms with Gasteiger partial charge >= 0.3 is 0 Å². The molecule has 1 aliphatic rings. The molecule has 4 heteroatoms. The number of hydrogen-bond donors (Lipinski definition) is 1. The summed E-state index contributed by atoms with van der Waals surface area (Å²) in [5.41, 5.74) is 0. The largest absolute Gasteiger partial charge is 0.360 e. The maximum atomic E-state index is 5.16. The number of nitrogens with zero attached hydrogens (tertiary/aromatic N) is 2. The first-order valence-electron chi connectivity index (χ1n) is 6.23. The number of hydrogen-bond acceptors (Lipinski definition) is 4. The van der Waals surface area contributed by atoms with Crippen molar-refractivity contribution in [2.24, 2.45) is 0 Å². The second kappa shape index (κ2) is 6.01. The van der Waals surface area contributed by atoms with Gasteiger partial charge in [0.2, 0.25) is 0 Å². The Bertz CT molecular complexity index is 280. The van der Waals surface area contributed by atoms with Gasteiger partial charge in [0.25, 0.3) is 0 Å². The van der Waals surface area contributed by atoms with Crippen molar-refractivity contribution in [2.75, 3.05) is 19.6 Å². The fourth-order valence-electron chi connectivity index (χ4n) is 2.32. The van der Waals surface area contributed by atoms with Gasteiger partial charge in [0.05, 0.1) is 12.7 Å². The molecule has 1 saturated heterocycles. The molecule has 1 N–H and O–H groups in total. The fourth-order valence-corrected chi connectivity index (χ4v) is 2.32. The van der Waals surface area contributed by atoms with Crippen molar-refractivity contribution in [3.63, 3.8) is 0 Å². The summed E-state index contributed by atoms with van der Waals surface area (Å²) < 4.78 is 5.16. The summed E-state index contributed by atoms with van der Waals surface area (Å²) >= 11 is 0. The molecule has 1 unspecified atom stereocenters. The van der Waals surface area contributed by atoms with Crippen LogP contribution >= 0.6 is 0 Å². The standard InChI is InChI=1S/C12H21N3O/c1-2-8-15(9-11-4-3-6-13-11)10-12-5-7-14-16-12/h5,7,11,13H,2-4,6,8-10H2,1H3. The molecular weight excluding hydrogens is 202 g/mol. The van der Waals surface area contributed by atoms with E-state index in [0.717, 1.165) is 25.4 Å². The molecule has 0 saturated carbocycles. The molecule has 0 aromatic carbocycles. The summed E-state index contributed by atoms with van der Waals surface area (Å²) in [4.78, 5) is 2.45. The Morgan fingerprint density at radius 2 is 2.56 bits per heavy atom. The smallest absolute Gasteiger partial charge is 0.150 e. The zero-order valence-corrected chi connectivity index (χ0v) is 9.98. The number of rotatable bonds is 6. The van der Waals surface area contributed by atoms with Crippen LogP contribution in [0.4, 0.5) is 0 Å². The third-order valence-corrected chi connectivity index (χ3v) is 3.05. The van der Waals surface area contributed by atoms with Crippen LogP contribution in [0.25, 0.3) is 0 Å². The Morgan fingerprint density at radius 1 is 1.62 bits per heavy atom. The molecule has 1 aliphatic heterocycles. The van der Waals surface area contributed by atoms with Gasteiger partial charge in [0.1, 0.15) is 0 Å². The molecule has 4 nitrogen and oxygen atoms in total. The first kappa shape index (κ1) is 11.6. The predicted octanol–water partition coefficient (Wildman–Crippen LogP) is 1.64. The van der Waals surface area contributed by atoms with E-state index in [1.807, 2.05) is 6.07 Å². The molecule has 0 amide bonds. The van der Waals surface area contributed by atoms with Gasteiger partial charge in [-0.05, 0) is 32.4 Å². The van der Waals surface area contributed by atoms with E-state index in [4.69, 9.17) is 4.52 Å². The normalized spacial score (nSPS) is 20.8. The quantitative estimate of drug-likeness (QED) is 0.796. The van der Waals surface area contributed by atoms with Crippen molar-refractivity contribution in [3.05, 3.63) is 18.0 Å². The SMILES string of the molecule is CCCN(Cc1ccno1)CC1CCCN1. The van der Waals surface area contributed by atoms with E-state index in [2.05, 4.69) is 22.3 Å². The molecule has 1 atom stereocenters. The minimum Gasteiger partial charge on any atom is -0.360 e. The Balaban J connectivity index is 1.83. The van der Waals surface area contributed by atoms with Crippen LogP contribution in [0.15, 0.2) is 16.8 Å². The highest BCUT2D eigenvalue weighted by atomic mass is 16.5. The highest BCUT2D eigenvalue weighted by Gasteiger charge is 2.18. The van der Waals surface area contributed by atoms with Crippen molar-refractivity contribution in [3.8, 4) is 0 Å². The molecule has 0 aliphatic carbocycles. The molecule has 0 spiro atoms. The summed E-state index contributed by atoms with van der Waals surface area (Å²) in [6, 6.07) is 2.61. The van der Waals surface area contributed by atoms with Crippen molar-refractivity contribution in [2.45, 2.75) is 38.8 Å². The highest BCUT2D eigenvalue weighted by molar-refractivity contribution is 4.93. The second-order valence-corrected chi connectivity index (χ2v) is 4.51. The van der Waals surface area contributed by atoms with Crippen LogP contribution in [0.3, 0.4) is 0 Å².